The monoisotopic (exact) mass is 359 g/mol. The van der Waals surface area contributed by atoms with Crippen molar-refractivity contribution in [2.45, 2.75) is 24.8 Å². The molecule has 0 bridgehead atoms. The Morgan fingerprint density at radius 2 is 2.08 bits per heavy atom. The summed E-state index contributed by atoms with van der Waals surface area (Å²) in [6.45, 7) is 3.98. The molecule has 2 atom stereocenters. The fraction of sp³-hybridized carbons (Fsp3) is 0.294. The number of aromatic nitrogens is 2. The van der Waals surface area contributed by atoms with Crippen LogP contribution in [-0.2, 0) is 17.0 Å². The van der Waals surface area contributed by atoms with Gasteiger partial charge >= 0.3 is 0 Å². The predicted octanol–water partition coefficient (Wildman–Crippen LogP) is 2.63. The van der Waals surface area contributed by atoms with E-state index in [1.54, 1.807) is 48.4 Å². The molecular weight excluding hydrogens is 338 g/mol. The third-order valence-corrected chi connectivity index (χ3v) is 5.69. The molecule has 0 saturated heterocycles. The molecule has 0 fully saturated rings. The largest absolute Gasteiger partial charge is 0.345 e. The number of rotatable bonds is 3. The molecule has 2 aromatic heterocycles. The fourth-order valence-corrected chi connectivity index (χ4v) is 4.41. The third kappa shape index (κ3) is 3.35. The lowest BCUT2D eigenvalue weighted by molar-refractivity contribution is 0.101. The van der Waals surface area contributed by atoms with E-state index in [4.69, 9.17) is 4.78 Å². The van der Waals surface area contributed by atoms with Crippen molar-refractivity contribution in [2.75, 3.05) is 5.32 Å². The van der Waals surface area contributed by atoms with Crippen LogP contribution in [-0.4, -0.2) is 25.7 Å². The Labute approximate surface area is 147 Å². The molecule has 7 nitrogen and oxygen atoms in total. The first kappa shape index (κ1) is 17.4. The lowest BCUT2D eigenvalue weighted by atomic mass is 10.0. The van der Waals surface area contributed by atoms with Crippen LogP contribution in [0.2, 0.25) is 0 Å². The zero-order valence-corrected chi connectivity index (χ0v) is 15.1. The molecule has 8 heteroatoms. The molecule has 3 heterocycles. The Hall–Kier alpha value is -2.45. The SMILES string of the molecule is CC(C)[C@@H]1C=Cc2c(cn(C)c2C(=O)Nc2ccncc2)S(=N)(=O)N1. The minimum Gasteiger partial charge on any atom is -0.345 e. The number of fused-ring (bicyclic) bond motifs is 1. The van der Waals surface area contributed by atoms with E-state index in [1.165, 1.54) is 0 Å². The molecule has 132 valence electrons. The Kier molecular flexibility index (Phi) is 4.49. The summed E-state index contributed by atoms with van der Waals surface area (Å²) in [6.07, 6.45) is 8.43. The average Bonchev–Trinajstić information content (AvgIpc) is 2.83. The molecule has 1 aliphatic rings. The van der Waals surface area contributed by atoms with E-state index in [0.717, 1.165) is 0 Å². The summed E-state index contributed by atoms with van der Waals surface area (Å²) >= 11 is 0. The van der Waals surface area contributed by atoms with Gasteiger partial charge in [0.15, 0.2) is 0 Å². The first-order valence-corrected chi connectivity index (χ1v) is 9.50. The average molecular weight is 359 g/mol. The number of carbonyl (C=O) groups is 1. The van der Waals surface area contributed by atoms with Crippen molar-refractivity contribution >= 4 is 27.6 Å². The summed E-state index contributed by atoms with van der Waals surface area (Å²) in [5, 5.41) is 2.81. The summed E-state index contributed by atoms with van der Waals surface area (Å²) in [6, 6.07) is 3.19. The second kappa shape index (κ2) is 6.45. The van der Waals surface area contributed by atoms with Crippen molar-refractivity contribution in [3.05, 3.63) is 48.1 Å². The van der Waals surface area contributed by atoms with Gasteiger partial charge in [-0.05, 0) is 18.1 Å². The van der Waals surface area contributed by atoms with E-state index < -0.39 is 9.92 Å². The molecular formula is C17H21N5O2S. The summed E-state index contributed by atoms with van der Waals surface area (Å²) in [7, 11) is -1.50. The van der Waals surface area contributed by atoms with Crippen LogP contribution in [0, 0.1) is 10.7 Å². The van der Waals surface area contributed by atoms with Gasteiger partial charge < -0.3 is 9.88 Å². The van der Waals surface area contributed by atoms with Gasteiger partial charge in [-0.3, -0.25) is 9.78 Å². The van der Waals surface area contributed by atoms with E-state index in [-0.39, 0.29) is 17.9 Å². The number of anilines is 1. The number of hydrogen-bond acceptors (Lipinski definition) is 4. The van der Waals surface area contributed by atoms with Gasteiger partial charge in [-0.2, -0.15) is 0 Å². The molecule has 0 aliphatic carbocycles. The van der Waals surface area contributed by atoms with Crippen LogP contribution < -0.4 is 10.0 Å². The van der Waals surface area contributed by atoms with Crippen LogP contribution in [0.4, 0.5) is 5.69 Å². The normalized spacial score (nSPS) is 22.5. The number of pyridine rings is 1. The van der Waals surface area contributed by atoms with Crippen molar-refractivity contribution in [3.63, 3.8) is 0 Å². The maximum Gasteiger partial charge on any atom is 0.272 e. The van der Waals surface area contributed by atoms with Gasteiger partial charge in [-0.15, -0.1) is 0 Å². The first-order valence-electron chi connectivity index (χ1n) is 7.94. The molecule has 1 amide bonds. The van der Waals surface area contributed by atoms with Gasteiger partial charge in [-0.1, -0.05) is 26.0 Å². The number of amides is 1. The molecule has 0 radical (unpaired) electrons. The lowest BCUT2D eigenvalue weighted by Gasteiger charge is -2.18. The van der Waals surface area contributed by atoms with E-state index >= 15 is 0 Å². The number of nitrogens with zero attached hydrogens (tertiary/aromatic N) is 2. The molecule has 25 heavy (non-hydrogen) atoms. The highest BCUT2D eigenvalue weighted by molar-refractivity contribution is 7.90. The molecule has 3 N–H and O–H groups in total. The van der Waals surface area contributed by atoms with E-state index in [1.807, 2.05) is 19.9 Å². The fourth-order valence-electron chi connectivity index (χ4n) is 2.77. The second-order valence-electron chi connectivity index (χ2n) is 6.36. The molecule has 1 aliphatic heterocycles. The van der Waals surface area contributed by atoms with E-state index in [2.05, 4.69) is 15.0 Å². The van der Waals surface area contributed by atoms with Crippen molar-refractivity contribution in [3.8, 4) is 0 Å². The molecule has 2 aromatic rings. The molecule has 1 unspecified atom stereocenters. The first-order chi connectivity index (χ1) is 11.8. The highest BCUT2D eigenvalue weighted by atomic mass is 32.2. The number of nitrogens with one attached hydrogen (secondary N) is 3. The molecule has 0 spiro atoms. The van der Waals surface area contributed by atoms with Gasteiger partial charge in [-0.25, -0.2) is 13.7 Å². The van der Waals surface area contributed by atoms with Crippen molar-refractivity contribution < 1.29 is 9.00 Å². The van der Waals surface area contributed by atoms with Crippen molar-refractivity contribution in [2.24, 2.45) is 13.0 Å². The standard InChI is InChI=1S/C17H21N5O2S/c1-11(2)14-5-4-13-15(25(18,24)21-14)10-22(3)16(13)17(23)20-12-6-8-19-9-7-12/h4-11,14H,1-3H3,(H2,18,21,24)(H,19,20,23)/t14-,25?/m0/s1. The van der Waals surface area contributed by atoms with Crippen LogP contribution in [0.5, 0.6) is 0 Å². The highest BCUT2D eigenvalue weighted by Gasteiger charge is 2.29. The Bertz CT molecular complexity index is 929. The van der Waals surface area contributed by atoms with Crippen LogP contribution in [0.1, 0.15) is 29.9 Å². The van der Waals surface area contributed by atoms with Gasteiger partial charge in [0.25, 0.3) is 5.91 Å². The Balaban J connectivity index is 2.05. The van der Waals surface area contributed by atoms with Crippen LogP contribution in [0.15, 0.2) is 41.7 Å². The second-order valence-corrected chi connectivity index (χ2v) is 8.15. The maximum atomic E-state index is 12.9. The lowest BCUT2D eigenvalue weighted by Crippen LogP contribution is -2.35. The summed E-state index contributed by atoms with van der Waals surface area (Å²) < 4.78 is 25.6. The van der Waals surface area contributed by atoms with Gasteiger partial charge in [0, 0.05) is 42.9 Å². The molecule has 0 saturated carbocycles. The number of hydrogen-bond donors (Lipinski definition) is 3. The Morgan fingerprint density at radius 1 is 1.40 bits per heavy atom. The maximum absolute atomic E-state index is 12.9. The van der Waals surface area contributed by atoms with Gasteiger partial charge in [0.1, 0.15) is 15.6 Å². The van der Waals surface area contributed by atoms with Crippen molar-refractivity contribution in [1.82, 2.24) is 14.3 Å². The number of carbonyl (C=O) groups excluding carboxylic acids is 1. The van der Waals surface area contributed by atoms with Crippen LogP contribution in [0.25, 0.3) is 6.08 Å². The topological polar surface area (TPSA) is 99.9 Å². The zero-order valence-electron chi connectivity index (χ0n) is 14.3. The van der Waals surface area contributed by atoms with Crippen LogP contribution >= 0.6 is 0 Å². The summed E-state index contributed by atoms with van der Waals surface area (Å²) in [4.78, 5) is 17.0. The van der Waals surface area contributed by atoms with E-state index in [0.29, 0.717) is 21.8 Å². The predicted molar refractivity (Wildman–Crippen MR) is 97.5 cm³/mol. The quantitative estimate of drug-likeness (QED) is 0.785. The zero-order chi connectivity index (χ0) is 18.2. The van der Waals surface area contributed by atoms with Gasteiger partial charge in [0.2, 0.25) is 0 Å². The molecule has 0 aromatic carbocycles. The minimum atomic E-state index is -3.20. The smallest absolute Gasteiger partial charge is 0.272 e. The van der Waals surface area contributed by atoms with Crippen LogP contribution in [0.3, 0.4) is 0 Å². The van der Waals surface area contributed by atoms with Crippen molar-refractivity contribution in [1.29, 1.82) is 4.78 Å². The highest BCUT2D eigenvalue weighted by Crippen LogP contribution is 2.28. The molecule has 3 rings (SSSR count). The number of aryl methyl sites for hydroxylation is 1. The minimum absolute atomic E-state index is 0.175. The Morgan fingerprint density at radius 3 is 2.72 bits per heavy atom. The van der Waals surface area contributed by atoms with E-state index in [9.17, 15) is 9.00 Å². The summed E-state index contributed by atoms with van der Waals surface area (Å²) in [5.41, 5.74) is 1.51. The third-order valence-electron chi connectivity index (χ3n) is 4.14. The summed E-state index contributed by atoms with van der Waals surface area (Å²) in [5.74, 6) is -0.146. The van der Waals surface area contributed by atoms with Gasteiger partial charge in [0.05, 0.1) is 4.90 Å².